The van der Waals surface area contributed by atoms with E-state index >= 15 is 0 Å². The van der Waals surface area contributed by atoms with E-state index in [-0.39, 0.29) is 5.41 Å². The van der Waals surface area contributed by atoms with Crippen LogP contribution < -0.4 is 10.7 Å². The molecule has 0 amide bonds. The van der Waals surface area contributed by atoms with Crippen molar-refractivity contribution < 1.29 is 4.84 Å². The molecule has 0 aromatic heterocycles. The third-order valence-corrected chi connectivity index (χ3v) is 2.16. The van der Waals surface area contributed by atoms with Gasteiger partial charge in [-0.2, -0.15) is 5.90 Å². The van der Waals surface area contributed by atoms with Crippen LogP contribution in [-0.4, -0.2) is 0 Å². The van der Waals surface area contributed by atoms with Crippen molar-refractivity contribution in [2.24, 2.45) is 11.3 Å². The Morgan fingerprint density at radius 2 is 1.88 bits per heavy atom. The Bertz CT molecular complexity index is 350. The zero-order valence-electron chi connectivity index (χ0n) is 11.7. The molecule has 2 nitrogen and oxygen atoms in total. The highest BCUT2D eigenvalue weighted by Crippen LogP contribution is 2.25. The zero-order chi connectivity index (χ0) is 13.5. The van der Waals surface area contributed by atoms with E-state index in [2.05, 4.69) is 33.4 Å². The second-order valence-corrected chi connectivity index (χ2v) is 4.93. The lowest BCUT2D eigenvalue weighted by atomic mass is 9.87. The van der Waals surface area contributed by atoms with E-state index in [4.69, 9.17) is 10.7 Å². The molecule has 0 spiro atoms. The van der Waals surface area contributed by atoms with Crippen molar-refractivity contribution in [3.63, 3.8) is 0 Å². The third-order valence-electron chi connectivity index (χ3n) is 2.16. The van der Waals surface area contributed by atoms with Crippen LogP contribution in [0.15, 0.2) is 24.8 Å². The molecular weight excluding hydrogens is 210 g/mol. The summed E-state index contributed by atoms with van der Waals surface area (Å²) in [5.41, 5.74) is 2.50. The maximum Gasteiger partial charge on any atom is 0.154 e. The zero-order valence-corrected chi connectivity index (χ0v) is 11.7. The standard InChI is InChI=1S/C13H19NO.C2H6/c1-5-11-8-10(9-13(2,3)4)6-7-12(11)15-14;1-2/h5-8H,1,9,14H2,2-4H3;1-2H3. The highest BCUT2D eigenvalue weighted by molar-refractivity contribution is 5.56. The summed E-state index contributed by atoms with van der Waals surface area (Å²) in [6, 6.07) is 6.00. The largest absolute Gasteiger partial charge is 0.411 e. The molecule has 0 aliphatic carbocycles. The fraction of sp³-hybridized carbons (Fsp3) is 0.467. The summed E-state index contributed by atoms with van der Waals surface area (Å²) >= 11 is 0. The molecule has 2 N–H and O–H groups in total. The number of nitrogens with two attached hydrogens (primary N) is 1. The van der Waals surface area contributed by atoms with Crippen molar-refractivity contribution in [1.29, 1.82) is 0 Å². The molecule has 0 unspecified atom stereocenters. The minimum Gasteiger partial charge on any atom is -0.411 e. The summed E-state index contributed by atoms with van der Waals surface area (Å²) in [6.45, 7) is 14.4. The van der Waals surface area contributed by atoms with E-state index in [9.17, 15) is 0 Å². The quantitative estimate of drug-likeness (QED) is 0.797. The van der Waals surface area contributed by atoms with E-state index in [1.807, 2.05) is 26.0 Å². The Labute approximate surface area is 105 Å². The summed E-state index contributed by atoms with van der Waals surface area (Å²) in [5, 5.41) is 0. The Kier molecular flexibility index (Phi) is 6.59. The minimum absolute atomic E-state index is 0.281. The van der Waals surface area contributed by atoms with Crippen molar-refractivity contribution in [3.8, 4) is 5.75 Å². The topological polar surface area (TPSA) is 35.2 Å². The molecule has 0 bridgehead atoms. The lowest BCUT2D eigenvalue weighted by Gasteiger charge is -2.18. The summed E-state index contributed by atoms with van der Waals surface area (Å²) < 4.78 is 0. The van der Waals surface area contributed by atoms with E-state index in [0.29, 0.717) is 5.75 Å². The van der Waals surface area contributed by atoms with Crippen LogP contribution in [0.1, 0.15) is 45.7 Å². The molecule has 0 heterocycles. The number of hydrogen-bond donors (Lipinski definition) is 1. The lowest BCUT2D eigenvalue weighted by Crippen LogP contribution is -2.10. The third kappa shape index (κ3) is 5.55. The van der Waals surface area contributed by atoms with Crippen LogP contribution in [0.2, 0.25) is 0 Å². The first-order valence-electron chi connectivity index (χ1n) is 6.08. The van der Waals surface area contributed by atoms with Gasteiger partial charge in [-0.25, -0.2) is 0 Å². The highest BCUT2D eigenvalue weighted by Gasteiger charge is 2.12. The number of hydrogen-bond acceptors (Lipinski definition) is 2. The van der Waals surface area contributed by atoms with Gasteiger partial charge in [-0.15, -0.1) is 0 Å². The van der Waals surface area contributed by atoms with E-state index in [0.717, 1.165) is 12.0 Å². The average molecular weight is 235 g/mol. The SMILES string of the molecule is C=Cc1cc(CC(C)(C)C)ccc1ON.CC. The normalized spacial score (nSPS) is 10.2. The van der Waals surface area contributed by atoms with Gasteiger partial charge in [-0.05, 0) is 29.5 Å². The van der Waals surface area contributed by atoms with Crippen LogP contribution >= 0.6 is 0 Å². The first-order chi connectivity index (χ1) is 7.96. The summed E-state index contributed by atoms with van der Waals surface area (Å²) in [4.78, 5) is 4.75. The Morgan fingerprint density at radius 1 is 1.29 bits per heavy atom. The Hall–Kier alpha value is -1.28. The fourth-order valence-corrected chi connectivity index (χ4v) is 1.59. The molecule has 1 aromatic carbocycles. The molecule has 0 aliphatic rings. The molecule has 17 heavy (non-hydrogen) atoms. The monoisotopic (exact) mass is 235 g/mol. The van der Waals surface area contributed by atoms with Crippen LogP contribution in [-0.2, 0) is 6.42 Å². The molecule has 0 aliphatic heterocycles. The van der Waals surface area contributed by atoms with Gasteiger partial charge in [0.15, 0.2) is 5.75 Å². The molecule has 2 heteroatoms. The van der Waals surface area contributed by atoms with Crippen molar-refractivity contribution in [2.75, 3.05) is 0 Å². The Morgan fingerprint density at radius 3 is 2.29 bits per heavy atom. The molecule has 0 saturated carbocycles. The molecular formula is C15H25NO. The second kappa shape index (κ2) is 7.13. The van der Waals surface area contributed by atoms with Crippen molar-refractivity contribution in [2.45, 2.75) is 41.0 Å². The first-order valence-corrected chi connectivity index (χ1v) is 6.08. The van der Waals surface area contributed by atoms with Gasteiger partial charge in [0.1, 0.15) is 0 Å². The van der Waals surface area contributed by atoms with Gasteiger partial charge < -0.3 is 4.84 Å². The van der Waals surface area contributed by atoms with E-state index in [1.165, 1.54) is 5.56 Å². The number of rotatable bonds is 3. The maximum atomic E-state index is 5.16. The van der Waals surface area contributed by atoms with E-state index < -0.39 is 0 Å². The van der Waals surface area contributed by atoms with Crippen LogP contribution in [0.4, 0.5) is 0 Å². The average Bonchev–Trinajstić information content (AvgIpc) is 2.29. The highest BCUT2D eigenvalue weighted by atomic mass is 16.6. The molecule has 0 fully saturated rings. The van der Waals surface area contributed by atoms with Crippen molar-refractivity contribution >= 4 is 6.08 Å². The smallest absolute Gasteiger partial charge is 0.154 e. The van der Waals surface area contributed by atoms with Gasteiger partial charge in [0.25, 0.3) is 0 Å². The van der Waals surface area contributed by atoms with Crippen LogP contribution in [0.3, 0.4) is 0 Å². The summed E-state index contributed by atoms with van der Waals surface area (Å²) in [7, 11) is 0. The molecule has 0 saturated heterocycles. The Balaban J connectivity index is 0.00000121. The van der Waals surface area contributed by atoms with Crippen LogP contribution in [0, 0.1) is 5.41 Å². The lowest BCUT2D eigenvalue weighted by molar-refractivity contribution is 0.333. The molecule has 0 radical (unpaired) electrons. The van der Waals surface area contributed by atoms with Crippen molar-refractivity contribution in [1.82, 2.24) is 0 Å². The molecule has 96 valence electrons. The fourth-order valence-electron chi connectivity index (χ4n) is 1.59. The van der Waals surface area contributed by atoms with Crippen LogP contribution in [0.5, 0.6) is 5.75 Å². The number of benzene rings is 1. The second-order valence-electron chi connectivity index (χ2n) is 4.93. The van der Waals surface area contributed by atoms with Gasteiger partial charge in [-0.3, -0.25) is 0 Å². The van der Waals surface area contributed by atoms with E-state index in [1.54, 1.807) is 6.08 Å². The first kappa shape index (κ1) is 15.7. The summed E-state index contributed by atoms with van der Waals surface area (Å²) in [5.74, 6) is 5.82. The van der Waals surface area contributed by atoms with Gasteiger partial charge in [0.2, 0.25) is 0 Å². The van der Waals surface area contributed by atoms with Gasteiger partial charge >= 0.3 is 0 Å². The van der Waals surface area contributed by atoms with Gasteiger partial charge in [-0.1, -0.05) is 53.3 Å². The molecule has 1 aromatic rings. The maximum absolute atomic E-state index is 5.16. The summed E-state index contributed by atoms with van der Waals surface area (Å²) in [6.07, 6.45) is 2.78. The van der Waals surface area contributed by atoms with Crippen LogP contribution in [0.25, 0.3) is 6.08 Å². The molecule has 0 atom stereocenters. The van der Waals surface area contributed by atoms with Gasteiger partial charge in [0, 0.05) is 5.56 Å². The van der Waals surface area contributed by atoms with Gasteiger partial charge in [0.05, 0.1) is 0 Å². The van der Waals surface area contributed by atoms with Crippen molar-refractivity contribution in [3.05, 3.63) is 35.9 Å². The minimum atomic E-state index is 0.281. The predicted octanol–water partition coefficient (Wildman–Crippen LogP) is 4.20. The molecule has 1 rings (SSSR count). The predicted molar refractivity (Wildman–Crippen MR) is 75.9 cm³/mol.